The van der Waals surface area contributed by atoms with E-state index in [9.17, 15) is 31.2 Å². The molecule has 0 saturated carbocycles. The molecule has 0 spiro atoms. The van der Waals surface area contributed by atoms with Crippen LogP contribution in [0.1, 0.15) is 44.7 Å². The quantitative estimate of drug-likeness (QED) is 0.234. The van der Waals surface area contributed by atoms with Gasteiger partial charge in [-0.2, -0.15) is 13.2 Å². The zero-order chi connectivity index (χ0) is 32.7. The molecule has 3 aromatic carbocycles. The van der Waals surface area contributed by atoms with Crippen LogP contribution < -0.4 is 14.4 Å². The molecule has 3 aromatic rings. The lowest BCUT2D eigenvalue weighted by molar-refractivity contribution is -0.140. The third kappa shape index (κ3) is 8.44. The molecular formula is C31H35ClF3N3O5S. The van der Waals surface area contributed by atoms with Crippen LogP contribution in [0.5, 0.6) is 5.75 Å². The maximum absolute atomic E-state index is 14.1. The van der Waals surface area contributed by atoms with E-state index < -0.39 is 56.9 Å². The molecule has 0 fully saturated rings. The van der Waals surface area contributed by atoms with E-state index in [1.54, 1.807) is 37.3 Å². The van der Waals surface area contributed by atoms with E-state index >= 15 is 0 Å². The van der Waals surface area contributed by atoms with E-state index in [1.807, 2.05) is 13.8 Å². The summed E-state index contributed by atoms with van der Waals surface area (Å²) >= 11 is 5.82. The Bertz CT molecular complexity index is 1540. The first-order chi connectivity index (χ1) is 20.7. The van der Waals surface area contributed by atoms with Crippen molar-refractivity contribution in [2.75, 3.05) is 18.0 Å². The van der Waals surface area contributed by atoms with Crippen molar-refractivity contribution in [2.45, 2.75) is 63.3 Å². The molecule has 1 N–H and O–H groups in total. The summed E-state index contributed by atoms with van der Waals surface area (Å²) in [6.45, 7) is 4.44. The van der Waals surface area contributed by atoms with E-state index in [2.05, 4.69) is 5.32 Å². The lowest BCUT2D eigenvalue weighted by Gasteiger charge is -2.34. The van der Waals surface area contributed by atoms with Crippen molar-refractivity contribution in [3.63, 3.8) is 0 Å². The van der Waals surface area contributed by atoms with Crippen LogP contribution >= 0.6 is 11.6 Å². The van der Waals surface area contributed by atoms with E-state index in [1.165, 1.54) is 36.3 Å². The van der Waals surface area contributed by atoms with Gasteiger partial charge in [0, 0.05) is 12.6 Å². The molecule has 44 heavy (non-hydrogen) atoms. The Hall–Kier alpha value is -3.77. The van der Waals surface area contributed by atoms with E-state index in [0.29, 0.717) is 28.1 Å². The summed E-state index contributed by atoms with van der Waals surface area (Å²) in [5.41, 5.74) is -1.05. The van der Waals surface area contributed by atoms with Gasteiger partial charge < -0.3 is 15.0 Å². The van der Waals surface area contributed by atoms with Gasteiger partial charge in [0.25, 0.3) is 10.0 Å². The van der Waals surface area contributed by atoms with Crippen molar-refractivity contribution in [1.82, 2.24) is 10.2 Å². The lowest BCUT2D eigenvalue weighted by Crippen LogP contribution is -2.53. The number of hydrogen-bond acceptors (Lipinski definition) is 5. The van der Waals surface area contributed by atoms with Crippen molar-refractivity contribution in [3.05, 3.63) is 88.9 Å². The minimum atomic E-state index is -4.89. The molecule has 0 aliphatic heterocycles. The highest BCUT2D eigenvalue weighted by atomic mass is 35.5. The Morgan fingerprint density at radius 2 is 1.61 bits per heavy atom. The predicted octanol–water partition coefficient (Wildman–Crippen LogP) is 6.28. The highest BCUT2D eigenvalue weighted by Crippen LogP contribution is 2.38. The van der Waals surface area contributed by atoms with Crippen LogP contribution in [0.25, 0.3) is 0 Å². The molecule has 0 unspecified atom stereocenters. The first-order valence-corrected chi connectivity index (χ1v) is 15.7. The molecule has 0 radical (unpaired) electrons. The smallest absolute Gasteiger partial charge is 0.417 e. The van der Waals surface area contributed by atoms with Gasteiger partial charge in [0.2, 0.25) is 11.8 Å². The highest BCUT2D eigenvalue weighted by molar-refractivity contribution is 7.92. The van der Waals surface area contributed by atoms with Gasteiger partial charge >= 0.3 is 6.18 Å². The number of amides is 2. The molecule has 8 nitrogen and oxygen atoms in total. The third-order valence-electron chi connectivity index (χ3n) is 7.05. The molecular weight excluding hydrogens is 619 g/mol. The topological polar surface area (TPSA) is 96.0 Å². The standard InChI is InChI=1S/C31H35ClF3N3O5S/c1-5-21(3)36-30(40)28(6-2)37(19-22-12-15-24(43-4)16-13-22)29(39)20-38(44(41,42)25-10-8-7-9-11-25)23-14-17-27(32)26(18-23)31(33,34)35/h7-18,21,28H,5-6,19-20H2,1-4H3,(H,36,40)/t21-,28+/m1/s1. The number of alkyl halides is 3. The SMILES string of the molecule is CC[C@@H](C)NC(=O)[C@H](CC)N(Cc1ccc(OC)cc1)C(=O)CN(c1ccc(Cl)c(C(F)(F)F)c1)S(=O)(=O)c1ccccc1. The Morgan fingerprint density at radius 1 is 0.977 bits per heavy atom. The fraction of sp³-hybridized carbons (Fsp3) is 0.355. The number of anilines is 1. The van der Waals surface area contributed by atoms with Crippen molar-refractivity contribution < 1.29 is 35.9 Å². The number of methoxy groups -OCH3 is 1. The summed E-state index contributed by atoms with van der Waals surface area (Å²) in [6.07, 6.45) is -4.06. The molecule has 2 amide bonds. The number of benzene rings is 3. The fourth-order valence-corrected chi connectivity index (χ4v) is 6.07. The minimum absolute atomic E-state index is 0.0805. The van der Waals surface area contributed by atoms with Gasteiger partial charge in [-0.1, -0.05) is 55.8 Å². The average Bonchev–Trinajstić information content (AvgIpc) is 3.00. The molecule has 0 saturated heterocycles. The van der Waals surface area contributed by atoms with Crippen LogP contribution in [0.15, 0.2) is 77.7 Å². The second-order valence-corrected chi connectivity index (χ2v) is 12.4. The molecule has 238 valence electrons. The number of rotatable bonds is 13. The second kappa shape index (κ2) is 14.8. The van der Waals surface area contributed by atoms with Gasteiger partial charge in [-0.3, -0.25) is 13.9 Å². The number of nitrogens with one attached hydrogen (secondary N) is 1. The maximum atomic E-state index is 14.1. The third-order valence-corrected chi connectivity index (χ3v) is 9.17. The molecule has 3 rings (SSSR count). The number of hydrogen-bond donors (Lipinski definition) is 1. The minimum Gasteiger partial charge on any atom is -0.497 e. The summed E-state index contributed by atoms with van der Waals surface area (Å²) in [4.78, 5) is 28.5. The molecule has 0 aromatic heterocycles. The molecule has 0 aliphatic rings. The van der Waals surface area contributed by atoms with Crippen molar-refractivity contribution in [3.8, 4) is 5.75 Å². The summed E-state index contributed by atoms with van der Waals surface area (Å²) in [5.74, 6) is -0.668. The number of halogens is 4. The van der Waals surface area contributed by atoms with Crippen LogP contribution in [0, 0.1) is 0 Å². The Balaban J connectivity index is 2.13. The first kappa shape index (κ1) is 34.7. The van der Waals surface area contributed by atoms with E-state index in [-0.39, 0.29) is 23.9 Å². The largest absolute Gasteiger partial charge is 0.497 e. The monoisotopic (exact) mass is 653 g/mol. The molecule has 13 heteroatoms. The van der Waals surface area contributed by atoms with Crippen LogP contribution in [0.3, 0.4) is 0 Å². The number of sulfonamides is 1. The molecule has 2 atom stereocenters. The van der Waals surface area contributed by atoms with Crippen LogP contribution in [-0.2, 0) is 32.3 Å². The first-order valence-electron chi connectivity index (χ1n) is 13.9. The van der Waals surface area contributed by atoms with Crippen molar-refractivity contribution in [2.24, 2.45) is 0 Å². The van der Waals surface area contributed by atoms with Gasteiger partial charge in [0.05, 0.1) is 28.3 Å². The molecule has 0 heterocycles. The van der Waals surface area contributed by atoms with Gasteiger partial charge in [-0.15, -0.1) is 0 Å². The van der Waals surface area contributed by atoms with E-state index in [0.717, 1.165) is 12.1 Å². The molecule has 0 aliphatic carbocycles. The van der Waals surface area contributed by atoms with Crippen molar-refractivity contribution >= 4 is 39.1 Å². The van der Waals surface area contributed by atoms with Gasteiger partial charge in [-0.05, 0) is 67.8 Å². The Morgan fingerprint density at radius 3 is 2.16 bits per heavy atom. The van der Waals surface area contributed by atoms with Gasteiger partial charge in [0.1, 0.15) is 18.3 Å². The van der Waals surface area contributed by atoms with Crippen molar-refractivity contribution in [1.29, 1.82) is 0 Å². The summed E-state index contributed by atoms with van der Waals surface area (Å²) in [6, 6.07) is 15.2. The van der Waals surface area contributed by atoms with Crippen LogP contribution in [0.4, 0.5) is 18.9 Å². The predicted molar refractivity (Wildman–Crippen MR) is 163 cm³/mol. The fourth-order valence-electron chi connectivity index (χ4n) is 4.42. The van der Waals surface area contributed by atoms with Crippen LogP contribution in [0.2, 0.25) is 5.02 Å². The second-order valence-electron chi connectivity index (χ2n) is 10.1. The van der Waals surface area contributed by atoms with E-state index in [4.69, 9.17) is 16.3 Å². The number of ether oxygens (including phenoxy) is 1. The Labute approximate surface area is 260 Å². The number of nitrogens with zero attached hydrogens (tertiary/aromatic N) is 2. The lowest BCUT2D eigenvalue weighted by atomic mass is 10.1. The van der Waals surface area contributed by atoms with Crippen LogP contribution in [-0.4, -0.2) is 50.9 Å². The van der Waals surface area contributed by atoms with Gasteiger partial charge in [-0.25, -0.2) is 8.42 Å². The maximum Gasteiger partial charge on any atom is 0.417 e. The normalized spacial score (nSPS) is 13.1. The summed E-state index contributed by atoms with van der Waals surface area (Å²) in [5, 5.41) is 2.24. The zero-order valence-electron chi connectivity index (χ0n) is 24.8. The average molecular weight is 654 g/mol. The Kier molecular flexibility index (Phi) is 11.7. The number of carbonyl (C=O) groups excluding carboxylic acids is 2. The van der Waals surface area contributed by atoms with Gasteiger partial charge in [0.15, 0.2) is 0 Å². The molecule has 0 bridgehead atoms. The number of carbonyl (C=O) groups is 2. The zero-order valence-corrected chi connectivity index (χ0v) is 26.3. The summed E-state index contributed by atoms with van der Waals surface area (Å²) in [7, 11) is -3.06. The highest BCUT2D eigenvalue weighted by Gasteiger charge is 2.37. The summed E-state index contributed by atoms with van der Waals surface area (Å²) < 4.78 is 74.9.